The van der Waals surface area contributed by atoms with Crippen LogP contribution in [0.2, 0.25) is 0 Å². The molecule has 2 N–H and O–H groups in total. The minimum atomic E-state index is -1.06. The van der Waals surface area contributed by atoms with E-state index in [9.17, 15) is 9.90 Å². The summed E-state index contributed by atoms with van der Waals surface area (Å²) in [7, 11) is 3.26. The fraction of sp³-hybridized carbons (Fsp3) is 0.243. The van der Waals surface area contributed by atoms with Crippen molar-refractivity contribution in [2.75, 3.05) is 26.1 Å². The van der Waals surface area contributed by atoms with Crippen LogP contribution in [0.3, 0.4) is 0 Å². The lowest BCUT2D eigenvalue weighted by molar-refractivity contribution is -0.0944. The molecule has 1 aliphatic heterocycles. The number of hydrogen-bond donors (Lipinski definition) is 2. The van der Waals surface area contributed by atoms with Crippen LogP contribution >= 0.6 is 0 Å². The van der Waals surface area contributed by atoms with Crippen molar-refractivity contribution in [2.24, 2.45) is 0 Å². The number of nitrogens with zero attached hydrogens (tertiary/aromatic N) is 2. The second-order valence-corrected chi connectivity index (χ2v) is 11.1. The first-order valence-corrected chi connectivity index (χ1v) is 15.2. The number of anilines is 1. The van der Waals surface area contributed by atoms with Crippen molar-refractivity contribution in [1.29, 1.82) is 0 Å². The predicted molar refractivity (Wildman–Crippen MR) is 175 cm³/mol. The van der Waals surface area contributed by atoms with Gasteiger partial charge in [-0.15, -0.1) is 0 Å². The predicted octanol–water partition coefficient (Wildman–Crippen LogP) is 5.53. The second-order valence-electron chi connectivity index (χ2n) is 11.1. The highest BCUT2D eigenvalue weighted by molar-refractivity contribution is 5.49. The number of nitrogens with one attached hydrogen (secondary N) is 1. The topological polar surface area (TPSA) is 104 Å². The highest BCUT2D eigenvalue weighted by atomic mass is 16.6. The molecule has 1 aromatic heterocycles. The Labute approximate surface area is 268 Å². The second kappa shape index (κ2) is 14.0. The zero-order valence-electron chi connectivity index (χ0n) is 25.8. The molecular formula is C37H37N3O6. The molecule has 0 saturated carbocycles. The zero-order chi connectivity index (χ0) is 31.9. The molecule has 3 atom stereocenters. The average molecular weight is 620 g/mol. The van der Waals surface area contributed by atoms with Gasteiger partial charge in [0.05, 0.1) is 26.9 Å². The molecule has 4 aromatic carbocycles. The Balaban J connectivity index is 1.26. The number of aliphatic hydroxyl groups excluding tert-OH is 1. The van der Waals surface area contributed by atoms with Gasteiger partial charge in [-0.25, -0.2) is 4.79 Å². The van der Waals surface area contributed by atoms with Gasteiger partial charge in [-0.2, -0.15) is 4.98 Å². The van der Waals surface area contributed by atoms with Crippen LogP contribution in [-0.4, -0.2) is 47.7 Å². The van der Waals surface area contributed by atoms with Gasteiger partial charge in [-0.05, 0) is 52.6 Å². The van der Waals surface area contributed by atoms with Crippen LogP contribution in [0, 0.1) is 0 Å². The van der Waals surface area contributed by atoms with Crippen molar-refractivity contribution in [1.82, 2.24) is 9.55 Å². The summed E-state index contributed by atoms with van der Waals surface area (Å²) in [6, 6.07) is 37.0. The fourth-order valence-corrected chi connectivity index (χ4v) is 5.84. The standard InChI is InChI=1S/C37H37N3O6/c1-43-30-17-13-28(14-18-30)37(27-11-7-4-8-12-27,29-15-19-31(44-2)20-16-29)45-25-33-32(41)23-35(46-33)40-22-21-34(39-36(40)42)38-24-26-9-5-3-6-10-26/h3-22,32-33,35,41H,23-25H2,1-2H3,(H,38,39,42)/t32-,33+,35+/m0/s1. The summed E-state index contributed by atoms with van der Waals surface area (Å²) < 4.78 is 25.5. The quantitative estimate of drug-likeness (QED) is 0.176. The van der Waals surface area contributed by atoms with Gasteiger partial charge in [0.1, 0.15) is 35.2 Å². The molecule has 1 aliphatic rings. The van der Waals surface area contributed by atoms with Crippen molar-refractivity contribution in [3.63, 3.8) is 0 Å². The molecule has 1 fully saturated rings. The van der Waals surface area contributed by atoms with E-state index in [0.717, 1.165) is 33.8 Å². The van der Waals surface area contributed by atoms with Crippen LogP contribution in [0.5, 0.6) is 11.5 Å². The number of methoxy groups -OCH3 is 2. The van der Waals surface area contributed by atoms with E-state index in [2.05, 4.69) is 10.3 Å². The molecule has 0 radical (unpaired) electrons. The molecule has 46 heavy (non-hydrogen) atoms. The molecule has 9 heteroatoms. The highest BCUT2D eigenvalue weighted by Gasteiger charge is 2.42. The molecule has 9 nitrogen and oxygen atoms in total. The summed E-state index contributed by atoms with van der Waals surface area (Å²) >= 11 is 0. The van der Waals surface area contributed by atoms with E-state index in [1.165, 1.54) is 4.57 Å². The van der Waals surface area contributed by atoms with Crippen molar-refractivity contribution >= 4 is 5.82 Å². The van der Waals surface area contributed by atoms with Gasteiger partial charge in [0.25, 0.3) is 0 Å². The highest BCUT2D eigenvalue weighted by Crippen LogP contribution is 2.42. The fourth-order valence-electron chi connectivity index (χ4n) is 5.84. The first kappa shape index (κ1) is 31.0. The Morgan fingerprint density at radius 3 is 1.96 bits per heavy atom. The molecular weight excluding hydrogens is 582 g/mol. The summed E-state index contributed by atoms with van der Waals surface area (Å²) in [5, 5.41) is 14.3. The van der Waals surface area contributed by atoms with Crippen molar-refractivity contribution in [3.05, 3.63) is 154 Å². The lowest BCUT2D eigenvalue weighted by Gasteiger charge is -2.37. The van der Waals surface area contributed by atoms with Gasteiger partial charge in [0, 0.05) is 19.2 Å². The van der Waals surface area contributed by atoms with Crippen LogP contribution in [-0.2, 0) is 21.6 Å². The molecule has 5 aromatic rings. The number of rotatable bonds is 12. The van der Waals surface area contributed by atoms with Crippen LogP contribution < -0.4 is 20.5 Å². The number of aromatic nitrogens is 2. The number of hydrogen-bond acceptors (Lipinski definition) is 8. The largest absolute Gasteiger partial charge is 0.497 e. The van der Waals surface area contributed by atoms with Gasteiger partial charge >= 0.3 is 5.69 Å². The minimum Gasteiger partial charge on any atom is -0.497 e. The molecule has 0 bridgehead atoms. The average Bonchev–Trinajstić information content (AvgIpc) is 3.48. The monoisotopic (exact) mass is 619 g/mol. The Morgan fingerprint density at radius 2 is 1.39 bits per heavy atom. The van der Waals surface area contributed by atoms with E-state index in [0.29, 0.717) is 12.4 Å². The lowest BCUT2D eigenvalue weighted by Crippen LogP contribution is -2.38. The van der Waals surface area contributed by atoms with E-state index >= 15 is 0 Å². The Bertz CT molecular complexity index is 1710. The summed E-state index contributed by atoms with van der Waals surface area (Å²) in [5.74, 6) is 1.91. The summed E-state index contributed by atoms with van der Waals surface area (Å²) in [5.41, 5.74) is 2.18. The van der Waals surface area contributed by atoms with Crippen LogP contribution in [0.15, 0.2) is 126 Å². The summed E-state index contributed by atoms with van der Waals surface area (Å²) in [6.45, 7) is 0.588. The van der Waals surface area contributed by atoms with Crippen LogP contribution in [0.25, 0.3) is 0 Å². The van der Waals surface area contributed by atoms with Gasteiger partial charge in [-0.1, -0.05) is 84.9 Å². The maximum Gasteiger partial charge on any atom is 0.351 e. The van der Waals surface area contributed by atoms with Crippen molar-refractivity contribution in [2.45, 2.75) is 37.0 Å². The number of ether oxygens (including phenoxy) is 4. The minimum absolute atomic E-state index is 0.0452. The molecule has 0 unspecified atom stereocenters. The molecule has 2 heterocycles. The molecule has 0 aliphatic carbocycles. The maximum absolute atomic E-state index is 13.0. The molecule has 6 rings (SSSR count). The molecule has 236 valence electrons. The first-order chi connectivity index (χ1) is 22.5. The van der Waals surface area contributed by atoms with E-state index in [1.54, 1.807) is 26.5 Å². The summed E-state index contributed by atoms with van der Waals surface area (Å²) in [6.07, 6.45) is -0.401. The van der Waals surface area contributed by atoms with Crippen molar-refractivity contribution < 1.29 is 24.1 Å². The van der Waals surface area contributed by atoms with E-state index in [4.69, 9.17) is 18.9 Å². The van der Waals surface area contributed by atoms with Gasteiger partial charge < -0.3 is 29.4 Å². The number of aliphatic hydroxyl groups is 1. The van der Waals surface area contributed by atoms with E-state index in [-0.39, 0.29) is 13.0 Å². The zero-order valence-corrected chi connectivity index (χ0v) is 25.8. The van der Waals surface area contributed by atoms with Gasteiger partial charge in [-0.3, -0.25) is 4.57 Å². The van der Waals surface area contributed by atoms with E-state index in [1.807, 2.05) is 109 Å². The van der Waals surface area contributed by atoms with Crippen LogP contribution in [0.1, 0.15) is 34.9 Å². The summed E-state index contributed by atoms with van der Waals surface area (Å²) in [4.78, 5) is 17.2. The van der Waals surface area contributed by atoms with Gasteiger partial charge in [0.15, 0.2) is 0 Å². The third kappa shape index (κ3) is 6.53. The molecule has 0 spiro atoms. The van der Waals surface area contributed by atoms with Crippen molar-refractivity contribution in [3.8, 4) is 11.5 Å². The Kier molecular flexibility index (Phi) is 9.44. The third-order valence-corrected chi connectivity index (χ3v) is 8.30. The third-order valence-electron chi connectivity index (χ3n) is 8.30. The Hall–Kier alpha value is -4.96. The molecule has 0 amide bonds. The molecule has 1 saturated heterocycles. The van der Waals surface area contributed by atoms with Gasteiger partial charge in [0.2, 0.25) is 0 Å². The Morgan fingerprint density at radius 1 is 0.826 bits per heavy atom. The smallest absolute Gasteiger partial charge is 0.351 e. The normalized spacial score (nSPS) is 17.8. The SMILES string of the molecule is COc1ccc(C(OC[C@H]2O[C@@H](n3ccc(NCc4ccccc4)nc3=O)C[C@@H]2O)(c2ccccc2)c2ccc(OC)cc2)cc1. The lowest BCUT2D eigenvalue weighted by atomic mass is 9.80. The maximum atomic E-state index is 13.0. The van der Waals surface area contributed by atoms with Crippen LogP contribution in [0.4, 0.5) is 5.82 Å². The first-order valence-electron chi connectivity index (χ1n) is 15.2. The van der Waals surface area contributed by atoms with E-state index < -0.39 is 29.7 Å². The number of benzene rings is 4.